The maximum atomic E-state index is 13.2. The summed E-state index contributed by atoms with van der Waals surface area (Å²) in [5.41, 5.74) is -1.14. The van der Waals surface area contributed by atoms with E-state index in [1.165, 1.54) is 17.5 Å². The fraction of sp³-hybridized carbons (Fsp3) is 0.133. The molecule has 0 spiro atoms. The summed E-state index contributed by atoms with van der Waals surface area (Å²) in [6.07, 6.45) is 2.95. The van der Waals surface area contributed by atoms with Gasteiger partial charge in [-0.05, 0) is 67.7 Å². The van der Waals surface area contributed by atoms with Gasteiger partial charge >= 0.3 is 11.9 Å². The van der Waals surface area contributed by atoms with E-state index >= 15 is 0 Å². The minimum absolute atomic E-state index is 0.000428. The summed E-state index contributed by atoms with van der Waals surface area (Å²) in [5.74, 6) is -1.36. The molecule has 0 N–H and O–H groups in total. The van der Waals surface area contributed by atoms with Gasteiger partial charge in [-0.3, -0.25) is 9.59 Å². The Morgan fingerprint density at radius 1 is 0.735 bits per heavy atom. The molecule has 168 valence electrons. The average molecular weight is 449 g/mol. The van der Waals surface area contributed by atoms with Crippen molar-refractivity contribution in [1.82, 2.24) is 0 Å². The van der Waals surface area contributed by atoms with Crippen molar-refractivity contribution in [3.63, 3.8) is 0 Å². The molecule has 5 aromatic carbocycles. The molecule has 0 saturated carbocycles. The molecular formula is C30H24O4. The molecule has 0 aliphatic carbocycles. The normalized spacial score (nSPS) is 11.8. The lowest BCUT2D eigenvalue weighted by Crippen LogP contribution is -2.43. The Labute approximate surface area is 197 Å². The van der Waals surface area contributed by atoms with Crippen LogP contribution in [-0.2, 0) is 24.5 Å². The van der Waals surface area contributed by atoms with E-state index < -0.39 is 17.4 Å². The summed E-state index contributed by atoms with van der Waals surface area (Å²) in [7, 11) is 0. The fourth-order valence-corrected chi connectivity index (χ4v) is 4.82. The molecule has 0 aliphatic heterocycles. The molecule has 0 aromatic heterocycles. The highest BCUT2D eigenvalue weighted by Gasteiger charge is 2.46. The fourth-order valence-electron chi connectivity index (χ4n) is 4.82. The lowest BCUT2D eigenvalue weighted by Gasteiger charge is -2.27. The topological polar surface area (TPSA) is 52.6 Å². The SMILES string of the molecule is C=CCOC(=O)C(C)(C(=O)OCC=C)c1cc2cccc3c4cccc5cccc(c(c1)c23)c54. The van der Waals surface area contributed by atoms with Crippen LogP contribution in [0.4, 0.5) is 0 Å². The zero-order valence-electron chi connectivity index (χ0n) is 19.0. The minimum Gasteiger partial charge on any atom is -0.460 e. The number of hydrogen-bond donors (Lipinski definition) is 0. The number of carbonyl (C=O) groups excluding carboxylic acids is 2. The van der Waals surface area contributed by atoms with E-state index in [1.807, 2.05) is 30.3 Å². The van der Waals surface area contributed by atoms with Gasteiger partial charge in [0.15, 0.2) is 5.41 Å². The standard InChI is InChI=1S/C30H24O4/c1-4-15-33-28(31)30(3,29(32)34-16-5-2)21-17-20-11-8-13-23-22-12-6-9-19-10-7-14-24(26(19)22)25(18-21)27(20)23/h4-14,17-18H,1-2,15-16H2,3H3. The van der Waals surface area contributed by atoms with Gasteiger partial charge in [0.1, 0.15) is 13.2 Å². The van der Waals surface area contributed by atoms with Gasteiger partial charge in [-0.2, -0.15) is 0 Å². The third kappa shape index (κ3) is 3.14. The first-order valence-electron chi connectivity index (χ1n) is 11.2. The molecule has 0 bridgehead atoms. The summed E-state index contributed by atoms with van der Waals surface area (Å²) in [4.78, 5) is 26.5. The van der Waals surface area contributed by atoms with E-state index in [0.717, 1.165) is 37.7 Å². The second-order valence-electron chi connectivity index (χ2n) is 8.54. The molecule has 0 unspecified atom stereocenters. The van der Waals surface area contributed by atoms with Crippen LogP contribution in [0.25, 0.3) is 43.1 Å². The van der Waals surface area contributed by atoms with Gasteiger partial charge in [0.25, 0.3) is 0 Å². The first-order valence-corrected chi connectivity index (χ1v) is 11.2. The monoisotopic (exact) mass is 448 g/mol. The Hall–Kier alpha value is -4.18. The Kier molecular flexibility index (Phi) is 5.29. The number of carbonyl (C=O) groups is 2. The van der Waals surface area contributed by atoms with E-state index in [0.29, 0.717) is 5.56 Å². The second-order valence-corrected chi connectivity index (χ2v) is 8.54. The van der Waals surface area contributed by atoms with Crippen LogP contribution >= 0.6 is 0 Å². The second kappa shape index (κ2) is 8.31. The summed E-state index contributed by atoms with van der Waals surface area (Å²) in [5, 5.41) is 8.70. The Morgan fingerprint density at radius 3 is 1.74 bits per heavy atom. The number of rotatable bonds is 7. The average Bonchev–Trinajstić information content (AvgIpc) is 2.87. The maximum Gasteiger partial charge on any atom is 0.328 e. The van der Waals surface area contributed by atoms with Crippen molar-refractivity contribution in [2.75, 3.05) is 13.2 Å². The summed E-state index contributed by atoms with van der Waals surface area (Å²) >= 11 is 0. The van der Waals surface area contributed by atoms with E-state index in [9.17, 15) is 9.59 Å². The van der Waals surface area contributed by atoms with Gasteiger partial charge in [0.2, 0.25) is 0 Å². The molecule has 4 nitrogen and oxygen atoms in total. The quantitative estimate of drug-likeness (QED) is 0.0943. The predicted octanol–water partition coefficient (Wildman–Crippen LogP) is 6.45. The van der Waals surface area contributed by atoms with E-state index in [4.69, 9.17) is 9.47 Å². The van der Waals surface area contributed by atoms with Crippen molar-refractivity contribution < 1.29 is 19.1 Å². The number of fused-ring (bicyclic) bond motifs is 2. The Balaban J connectivity index is 1.86. The first-order chi connectivity index (χ1) is 16.5. The number of benzene rings is 5. The van der Waals surface area contributed by atoms with Crippen LogP contribution in [0.1, 0.15) is 12.5 Å². The van der Waals surface area contributed by atoms with Gasteiger partial charge < -0.3 is 9.47 Å². The highest BCUT2D eigenvalue weighted by atomic mass is 16.6. The van der Waals surface area contributed by atoms with E-state index in [1.54, 1.807) is 6.92 Å². The maximum absolute atomic E-state index is 13.2. The van der Waals surface area contributed by atoms with Gasteiger partial charge in [0.05, 0.1) is 0 Å². The molecule has 4 heteroatoms. The van der Waals surface area contributed by atoms with Crippen LogP contribution < -0.4 is 0 Å². The Morgan fingerprint density at radius 2 is 1.21 bits per heavy atom. The molecule has 0 aliphatic rings. The van der Waals surface area contributed by atoms with Crippen molar-refractivity contribution in [2.24, 2.45) is 0 Å². The zero-order valence-corrected chi connectivity index (χ0v) is 19.0. The van der Waals surface area contributed by atoms with Crippen LogP contribution in [0.15, 0.2) is 92.0 Å². The predicted molar refractivity (Wildman–Crippen MR) is 137 cm³/mol. The molecule has 0 fully saturated rings. The van der Waals surface area contributed by atoms with Crippen LogP contribution in [0.2, 0.25) is 0 Å². The summed E-state index contributed by atoms with van der Waals surface area (Å²) in [6.45, 7) is 8.76. The molecule has 5 aromatic rings. The van der Waals surface area contributed by atoms with Crippen molar-refractivity contribution in [3.8, 4) is 0 Å². The Bertz CT molecular complexity index is 1570. The van der Waals surface area contributed by atoms with Crippen molar-refractivity contribution in [1.29, 1.82) is 0 Å². The smallest absolute Gasteiger partial charge is 0.328 e. The number of hydrogen-bond acceptors (Lipinski definition) is 4. The van der Waals surface area contributed by atoms with Crippen LogP contribution in [-0.4, -0.2) is 25.2 Å². The van der Waals surface area contributed by atoms with E-state index in [2.05, 4.69) is 49.6 Å². The van der Waals surface area contributed by atoms with Crippen LogP contribution in [0, 0.1) is 0 Å². The van der Waals surface area contributed by atoms with Crippen molar-refractivity contribution >= 4 is 55.0 Å². The number of ether oxygens (including phenoxy) is 2. The lowest BCUT2D eigenvalue weighted by molar-refractivity contribution is -0.163. The molecule has 5 rings (SSSR count). The molecule has 0 atom stereocenters. The first kappa shape index (κ1) is 21.7. The van der Waals surface area contributed by atoms with Crippen LogP contribution in [0.5, 0.6) is 0 Å². The molecule has 0 amide bonds. The highest BCUT2D eigenvalue weighted by Crippen LogP contribution is 2.42. The molecule has 0 heterocycles. The molecule has 34 heavy (non-hydrogen) atoms. The zero-order chi connectivity index (χ0) is 23.9. The van der Waals surface area contributed by atoms with Crippen molar-refractivity contribution in [3.05, 3.63) is 97.6 Å². The third-order valence-corrected chi connectivity index (χ3v) is 6.52. The van der Waals surface area contributed by atoms with Gasteiger partial charge in [0, 0.05) is 0 Å². The van der Waals surface area contributed by atoms with Crippen molar-refractivity contribution in [2.45, 2.75) is 12.3 Å². The third-order valence-electron chi connectivity index (χ3n) is 6.52. The van der Waals surface area contributed by atoms with Gasteiger partial charge in [-0.15, -0.1) is 0 Å². The van der Waals surface area contributed by atoms with Gasteiger partial charge in [-0.25, -0.2) is 0 Å². The van der Waals surface area contributed by atoms with E-state index in [-0.39, 0.29) is 13.2 Å². The van der Waals surface area contributed by atoms with Crippen LogP contribution in [0.3, 0.4) is 0 Å². The molecule has 0 saturated heterocycles. The summed E-state index contributed by atoms with van der Waals surface area (Å²) in [6, 6.07) is 22.5. The summed E-state index contributed by atoms with van der Waals surface area (Å²) < 4.78 is 10.7. The minimum atomic E-state index is -1.66. The molecular weight excluding hydrogens is 424 g/mol. The largest absolute Gasteiger partial charge is 0.460 e. The van der Waals surface area contributed by atoms with Gasteiger partial charge in [-0.1, -0.05) is 79.9 Å². The number of esters is 2. The lowest BCUT2D eigenvalue weighted by atomic mass is 9.79. The molecule has 0 radical (unpaired) electrons. The highest BCUT2D eigenvalue weighted by molar-refractivity contribution is 6.33.